The minimum Gasteiger partial charge on any atom is -0.402 e. The maximum atomic E-state index is 16.0. The molecule has 55 heavy (non-hydrogen) atoms. The zero-order chi connectivity index (χ0) is 38.9. The Morgan fingerprint density at radius 3 is 2.40 bits per heavy atom. The van der Waals surface area contributed by atoms with Crippen molar-refractivity contribution in [2.24, 2.45) is 11.1 Å². The Hall–Kier alpha value is -5.17. The maximum Gasteiger partial charge on any atom is 0.259 e. The molecule has 12 heteroatoms. The molecule has 4 N–H and O–H groups in total. The fourth-order valence-corrected chi connectivity index (χ4v) is 9.11. The topological polar surface area (TPSA) is 117 Å². The number of aryl methyl sites for hydroxylation is 1. The molecule has 2 saturated heterocycles. The van der Waals surface area contributed by atoms with Gasteiger partial charge in [-0.3, -0.25) is 19.3 Å². The third-order valence-electron chi connectivity index (χ3n) is 10.9. The number of carbonyl (C=O) groups excluding carboxylic acids is 3. The van der Waals surface area contributed by atoms with Crippen molar-refractivity contribution in [3.8, 4) is 10.4 Å². The lowest BCUT2D eigenvalue weighted by Crippen LogP contribution is -2.62. The summed E-state index contributed by atoms with van der Waals surface area (Å²) in [5.41, 5.74) is 10.3. The minimum atomic E-state index is -0.727. The van der Waals surface area contributed by atoms with E-state index in [1.165, 1.54) is 12.1 Å². The number of rotatable bonds is 9. The fourth-order valence-electron chi connectivity index (χ4n) is 7.95. The van der Waals surface area contributed by atoms with Crippen LogP contribution in [0.4, 0.5) is 25.2 Å². The second-order valence-electron chi connectivity index (χ2n) is 14.7. The van der Waals surface area contributed by atoms with Crippen molar-refractivity contribution < 1.29 is 27.9 Å². The summed E-state index contributed by atoms with van der Waals surface area (Å²) in [5, 5.41) is 5.61. The van der Waals surface area contributed by atoms with Crippen LogP contribution in [-0.4, -0.2) is 61.5 Å². The summed E-state index contributed by atoms with van der Waals surface area (Å²) in [6, 6.07) is 18.3. The van der Waals surface area contributed by atoms with Gasteiger partial charge >= 0.3 is 0 Å². The molecule has 1 unspecified atom stereocenters. The highest BCUT2D eigenvalue weighted by Crippen LogP contribution is 2.46. The van der Waals surface area contributed by atoms with Crippen molar-refractivity contribution in [3.63, 3.8) is 0 Å². The number of amides is 3. The van der Waals surface area contributed by atoms with Crippen LogP contribution < -0.4 is 21.3 Å². The number of benzene rings is 3. The zero-order valence-electron chi connectivity index (χ0n) is 31.2. The summed E-state index contributed by atoms with van der Waals surface area (Å²) >= 11 is 1.06. The van der Waals surface area contributed by atoms with Gasteiger partial charge in [-0.25, -0.2) is 8.78 Å². The van der Waals surface area contributed by atoms with E-state index in [9.17, 15) is 18.8 Å². The van der Waals surface area contributed by atoms with E-state index in [1.807, 2.05) is 30.3 Å². The van der Waals surface area contributed by atoms with Crippen molar-refractivity contribution in [2.75, 3.05) is 48.4 Å². The Morgan fingerprint density at radius 1 is 0.982 bits per heavy atom. The Labute approximate surface area is 323 Å². The van der Waals surface area contributed by atoms with E-state index >= 15 is 4.39 Å². The quantitative estimate of drug-likeness (QED) is 0.117. The first-order valence-corrected chi connectivity index (χ1v) is 19.5. The van der Waals surface area contributed by atoms with Gasteiger partial charge in [0.2, 0.25) is 0 Å². The van der Waals surface area contributed by atoms with Crippen LogP contribution in [0.1, 0.15) is 65.0 Å². The summed E-state index contributed by atoms with van der Waals surface area (Å²) in [4.78, 5) is 45.5. The number of ether oxygens (including phenoxy) is 1. The van der Waals surface area contributed by atoms with Gasteiger partial charge in [0.15, 0.2) is 5.82 Å². The van der Waals surface area contributed by atoms with Gasteiger partial charge in [0.25, 0.3) is 17.7 Å². The molecule has 1 atom stereocenters. The van der Waals surface area contributed by atoms with Crippen LogP contribution in [0.3, 0.4) is 0 Å². The third kappa shape index (κ3) is 7.71. The molecule has 0 radical (unpaired) electrons. The van der Waals surface area contributed by atoms with Crippen molar-refractivity contribution in [2.45, 2.75) is 52.5 Å². The van der Waals surface area contributed by atoms with Gasteiger partial charge in [-0.2, -0.15) is 0 Å². The van der Waals surface area contributed by atoms with Crippen LogP contribution in [0.5, 0.6) is 0 Å². The lowest BCUT2D eigenvalue weighted by atomic mass is 9.72. The van der Waals surface area contributed by atoms with Gasteiger partial charge in [0.05, 0.1) is 11.3 Å². The SMILES string of the molecule is CCC(/C(=C\C=C(\C)N)C(=O)Nc1ccc(C(=O)N2CCc3c(sc(NC(=O)c4c(C)cccc4F)c3F)-c3ccccc32)cc1)N1CC2(CCOCC2)C1. The number of allylic oxidation sites excluding steroid dienone is 3. The number of thiophene rings is 1. The van der Waals surface area contributed by atoms with Crippen LogP contribution in [0.15, 0.2) is 90.2 Å². The Morgan fingerprint density at radius 2 is 1.71 bits per heavy atom. The van der Waals surface area contributed by atoms with Crippen LogP contribution in [0.2, 0.25) is 0 Å². The van der Waals surface area contributed by atoms with E-state index < -0.39 is 17.5 Å². The number of hydrogen-bond donors (Lipinski definition) is 3. The number of nitrogens with zero attached hydrogens (tertiary/aromatic N) is 2. The molecule has 286 valence electrons. The molecular formula is C43H45F2N5O4S. The summed E-state index contributed by atoms with van der Waals surface area (Å²) in [6.45, 7) is 9.08. The van der Waals surface area contributed by atoms with Crippen LogP contribution in [0, 0.1) is 24.0 Å². The number of halogens is 2. The smallest absolute Gasteiger partial charge is 0.259 e. The molecule has 3 aliphatic heterocycles. The largest absolute Gasteiger partial charge is 0.402 e. The minimum absolute atomic E-state index is 0.00423. The van der Waals surface area contributed by atoms with E-state index in [2.05, 4.69) is 22.5 Å². The van der Waals surface area contributed by atoms with E-state index in [4.69, 9.17) is 10.5 Å². The second-order valence-corrected chi connectivity index (χ2v) is 15.7. The van der Waals surface area contributed by atoms with Crippen molar-refractivity contribution in [1.29, 1.82) is 0 Å². The number of likely N-dealkylation sites (tertiary alicyclic amines) is 1. The van der Waals surface area contributed by atoms with Crippen molar-refractivity contribution >= 4 is 45.4 Å². The molecule has 0 saturated carbocycles. The molecule has 4 aromatic rings. The number of fused-ring (bicyclic) bond motifs is 3. The predicted octanol–water partition coefficient (Wildman–Crippen LogP) is 8.08. The van der Waals surface area contributed by atoms with Gasteiger partial charge in [0.1, 0.15) is 10.8 Å². The first-order chi connectivity index (χ1) is 26.5. The normalized spacial score (nSPS) is 17.4. The molecule has 4 heterocycles. The van der Waals surface area contributed by atoms with Crippen LogP contribution in [0.25, 0.3) is 10.4 Å². The van der Waals surface area contributed by atoms with E-state index in [0.717, 1.165) is 56.9 Å². The summed E-state index contributed by atoms with van der Waals surface area (Å²) in [7, 11) is 0. The van der Waals surface area contributed by atoms with Crippen LogP contribution in [-0.2, 0) is 16.0 Å². The highest BCUT2D eigenvalue weighted by molar-refractivity contribution is 7.19. The first-order valence-electron chi connectivity index (χ1n) is 18.6. The Kier molecular flexibility index (Phi) is 11.0. The molecule has 3 aliphatic rings. The highest BCUT2D eigenvalue weighted by atomic mass is 32.1. The lowest BCUT2D eigenvalue weighted by Gasteiger charge is -2.55. The van der Waals surface area contributed by atoms with Crippen molar-refractivity contribution in [1.82, 2.24) is 4.90 Å². The van der Waals surface area contributed by atoms with Gasteiger partial charge < -0.3 is 26.0 Å². The third-order valence-corrected chi connectivity index (χ3v) is 12.0. The number of anilines is 3. The first kappa shape index (κ1) is 38.1. The fraction of sp³-hybridized carbons (Fsp3) is 0.326. The number of para-hydroxylation sites is 1. The van der Waals surface area contributed by atoms with Gasteiger partial charge in [-0.05, 0) is 87.6 Å². The van der Waals surface area contributed by atoms with E-state index in [-0.39, 0.29) is 46.8 Å². The van der Waals surface area contributed by atoms with E-state index in [1.54, 1.807) is 55.2 Å². The number of hydrogen-bond acceptors (Lipinski definition) is 7. The molecule has 3 aromatic carbocycles. The van der Waals surface area contributed by atoms with Gasteiger partial charge in [0, 0.05) is 82.8 Å². The monoisotopic (exact) mass is 765 g/mol. The summed E-state index contributed by atoms with van der Waals surface area (Å²) in [5.74, 6) is -2.52. The number of carbonyl (C=O) groups is 3. The molecule has 7 rings (SSSR count). The highest BCUT2D eigenvalue weighted by Gasteiger charge is 2.47. The maximum absolute atomic E-state index is 16.0. The molecule has 9 nitrogen and oxygen atoms in total. The summed E-state index contributed by atoms with van der Waals surface area (Å²) < 4.78 is 36.1. The standard InChI is InChI=1S/C43H45F2N5O4S/c1-4-34(49-24-43(25-49)19-22-54-23-20-43)31(17-12-27(3)46)39(51)47-29-15-13-28(14-16-29)42(53)50-21-18-32-37(45)41(55-38(32)30-9-5-6-11-35(30)50)48-40(52)36-26(2)8-7-10-33(36)44/h5-17,34H,4,18-25,46H2,1-3H3,(H,47,51)(H,48,52)/b27-12-,31-17+. The average molecular weight is 766 g/mol. The molecule has 1 aromatic heterocycles. The Balaban J connectivity index is 1.07. The number of nitrogens with two attached hydrogens (primary N) is 1. The van der Waals surface area contributed by atoms with E-state index in [0.29, 0.717) is 49.8 Å². The Bertz CT molecular complexity index is 2160. The molecular weight excluding hydrogens is 721 g/mol. The molecule has 1 spiro atoms. The number of nitrogens with one attached hydrogen (secondary N) is 2. The van der Waals surface area contributed by atoms with Gasteiger partial charge in [-0.1, -0.05) is 43.3 Å². The summed E-state index contributed by atoms with van der Waals surface area (Å²) in [6.07, 6.45) is 6.59. The van der Waals surface area contributed by atoms with Crippen LogP contribution >= 0.6 is 11.3 Å². The van der Waals surface area contributed by atoms with Crippen molar-refractivity contribution in [3.05, 3.63) is 124 Å². The second kappa shape index (κ2) is 15.9. The molecule has 0 aliphatic carbocycles. The average Bonchev–Trinajstić information content (AvgIpc) is 3.36. The van der Waals surface area contributed by atoms with Gasteiger partial charge in [-0.15, -0.1) is 11.3 Å². The zero-order valence-corrected chi connectivity index (χ0v) is 32.0. The lowest BCUT2D eigenvalue weighted by molar-refractivity contribution is -0.116. The molecule has 2 fully saturated rings. The molecule has 0 bridgehead atoms. The molecule has 3 amide bonds. The predicted molar refractivity (Wildman–Crippen MR) is 213 cm³/mol.